The first-order chi connectivity index (χ1) is 7.77. The van der Waals surface area contributed by atoms with E-state index < -0.39 is 0 Å². The summed E-state index contributed by atoms with van der Waals surface area (Å²) in [5, 5.41) is 6.37. The van der Waals surface area contributed by atoms with Crippen LogP contribution in [0.1, 0.15) is 29.1 Å². The zero-order valence-corrected chi connectivity index (χ0v) is 9.92. The summed E-state index contributed by atoms with van der Waals surface area (Å²) in [7, 11) is 1.55. The van der Waals surface area contributed by atoms with Gasteiger partial charge in [-0.25, -0.2) is 0 Å². The summed E-state index contributed by atoms with van der Waals surface area (Å²) in [6.45, 7) is 0.907. The standard InChI is InChI=1S/C10H15ClN2O3/c1-15-7-8-6-9(13-16-8)10(14)12-5-3-2-4-11/h6H,2-5,7H2,1H3,(H,12,14). The van der Waals surface area contributed by atoms with Crippen molar-refractivity contribution in [2.75, 3.05) is 19.5 Å². The smallest absolute Gasteiger partial charge is 0.273 e. The number of carbonyl (C=O) groups is 1. The topological polar surface area (TPSA) is 64.4 Å². The number of aromatic nitrogens is 1. The van der Waals surface area contributed by atoms with Crippen molar-refractivity contribution in [3.05, 3.63) is 17.5 Å². The van der Waals surface area contributed by atoms with Crippen molar-refractivity contribution in [3.63, 3.8) is 0 Å². The lowest BCUT2D eigenvalue weighted by molar-refractivity contribution is 0.0943. The van der Waals surface area contributed by atoms with Crippen LogP contribution in [0.25, 0.3) is 0 Å². The summed E-state index contributed by atoms with van der Waals surface area (Å²) in [5.41, 5.74) is 0.276. The van der Waals surface area contributed by atoms with E-state index in [2.05, 4.69) is 10.5 Å². The lowest BCUT2D eigenvalue weighted by Crippen LogP contribution is -2.24. The minimum absolute atomic E-state index is 0.235. The predicted octanol–water partition coefficient (Wildman–Crippen LogP) is 1.57. The number of nitrogens with zero attached hydrogens (tertiary/aromatic N) is 1. The van der Waals surface area contributed by atoms with Crippen LogP contribution < -0.4 is 5.32 Å². The first kappa shape index (κ1) is 13.0. The molecule has 0 saturated carbocycles. The molecule has 0 atom stereocenters. The fourth-order valence-corrected chi connectivity index (χ4v) is 1.33. The molecule has 0 spiro atoms. The number of alkyl halides is 1. The Labute approximate surface area is 99.1 Å². The third-order valence-electron chi connectivity index (χ3n) is 1.92. The van der Waals surface area contributed by atoms with E-state index in [1.807, 2.05) is 0 Å². The Hall–Kier alpha value is -1.07. The van der Waals surface area contributed by atoms with E-state index in [0.29, 0.717) is 24.8 Å². The molecule has 1 amide bonds. The highest BCUT2D eigenvalue weighted by Gasteiger charge is 2.11. The van der Waals surface area contributed by atoms with Crippen LogP contribution in [0.4, 0.5) is 0 Å². The molecule has 0 bridgehead atoms. The molecule has 1 aromatic rings. The Bertz CT molecular complexity index is 328. The van der Waals surface area contributed by atoms with Gasteiger partial charge in [-0.3, -0.25) is 4.79 Å². The molecule has 0 aromatic carbocycles. The Morgan fingerprint density at radius 1 is 1.62 bits per heavy atom. The first-order valence-electron chi connectivity index (χ1n) is 5.06. The lowest BCUT2D eigenvalue weighted by atomic mass is 10.3. The largest absolute Gasteiger partial charge is 0.377 e. The maximum absolute atomic E-state index is 11.5. The number of hydrogen-bond donors (Lipinski definition) is 1. The van der Waals surface area contributed by atoms with E-state index in [1.54, 1.807) is 13.2 Å². The molecule has 0 aliphatic rings. The van der Waals surface area contributed by atoms with E-state index in [4.69, 9.17) is 20.9 Å². The highest BCUT2D eigenvalue weighted by molar-refractivity contribution is 6.17. The van der Waals surface area contributed by atoms with E-state index in [1.165, 1.54) is 0 Å². The summed E-state index contributed by atoms with van der Waals surface area (Å²) in [6, 6.07) is 1.57. The quantitative estimate of drug-likeness (QED) is 0.586. The van der Waals surface area contributed by atoms with Gasteiger partial charge in [-0.15, -0.1) is 11.6 Å². The van der Waals surface area contributed by atoms with Crippen molar-refractivity contribution in [1.29, 1.82) is 0 Å². The summed E-state index contributed by atoms with van der Waals surface area (Å²) >= 11 is 5.52. The fraction of sp³-hybridized carbons (Fsp3) is 0.600. The van der Waals surface area contributed by atoms with Crippen LogP contribution in [0.15, 0.2) is 10.6 Å². The second-order valence-electron chi connectivity index (χ2n) is 3.26. The van der Waals surface area contributed by atoms with Gasteiger partial charge in [-0.2, -0.15) is 0 Å². The maximum atomic E-state index is 11.5. The predicted molar refractivity (Wildman–Crippen MR) is 59.5 cm³/mol. The number of halogens is 1. The van der Waals surface area contributed by atoms with Crippen molar-refractivity contribution in [1.82, 2.24) is 10.5 Å². The molecule has 16 heavy (non-hydrogen) atoms. The third-order valence-corrected chi connectivity index (χ3v) is 2.19. The summed E-state index contributed by atoms with van der Waals surface area (Å²) in [6.07, 6.45) is 1.74. The number of carbonyl (C=O) groups excluding carboxylic acids is 1. The van der Waals surface area contributed by atoms with Crippen LogP contribution in [-0.4, -0.2) is 30.6 Å². The van der Waals surface area contributed by atoms with E-state index in [0.717, 1.165) is 12.8 Å². The van der Waals surface area contributed by atoms with Gasteiger partial charge in [0, 0.05) is 25.6 Å². The number of amides is 1. The molecule has 1 N–H and O–H groups in total. The van der Waals surface area contributed by atoms with Gasteiger partial charge in [0.1, 0.15) is 6.61 Å². The Morgan fingerprint density at radius 3 is 3.12 bits per heavy atom. The molecule has 0 radical (unpaired) electrons. The molecule has 1 heterocycles. The number of methoxy groups -OCH3 is 1. The van der Waals surface area contributed by atoms with Crippen LogP contribution in [-0.2, 0) is 11.3 Å². The van der Waals surface area contributed by atoms with Gasteiger partial charge in [-0.05, 0) is 12.8 Å². The maximum Gasteiger partial charge on any atom is 0.273 e. The summed E-state index contributed by atoms with van der Waals surface area (Å²) in [5.74, 6) is 0.909. The molecule has 90 valence electrons. The first-order valence-corrected chi connectivity index (χ1v) is 5.60. The molecule has 1 rings (SSSR count). The monoisotopic (exact) mass is 246 g/mol. The third kappa shape index (κ3) is 4.20. The molecule has 0 aliphatic carbocycles. The average Bonchev–Trinajstić information content (AvgIpc) is 2.73. The van der Waals surface area contributed by atoms with Gasteiger partial charge in [0.05, 0.1) is 0 Å². The Kier molecular flexibility index (Phi) is 5.88. The minimum atomic E-state index is -0.235. The number of nitrogens with one attached hydrogen (secondary N) is 1. The second kappa shape index (κ2) is 7.24. The number of ether oxygens (including phenoxy) is 1. The highest BCUT2D eigenvalue weighted by Crippen LogP contribution is 2.04. The van der Waals surface area contributed by atoms with Gasteiger partial charge in [-0.1, -0.05) is 5.16 Å². The average molecular weight is 247 g/mol. The molecule has 6 heteroatoms. The number of rotatable bonds is 7. The molecule has 0 unspecified atom stereocenters. The van der Waals surface area contributed by atoms with Crippen LogP contribution in [0.2, 0.25) is 0 Å². The molecule has 5 nitrogen and oxygen atoms in total. The SMILES string of the molecule is COCc1cc(C(=O)NCCCCCl)no1. The van der Waals surface area contributed by atoms with Gasteiger partial charge in [0.15, 0.2) is 11.5 Å². The summed E-state index contributed by atoms with van der Waals surface area (Å²) in [4.78, 5) is 11.5. The van der Waals surface area contributed by atoms with Crippen LogP contribution >= 0.6 is 11.6 Å². The van der Waals surface area contributed by atoms with Gasteiger partial charge in [0.25, 0.3) is 5.91 Å². The van der Waals surface area contributed by atoms with Crippen molar-refractivity contribution in [2.45, 2.75) is 19.4 Å². The Balaban J connectivity index is 2.34. The highest BCUT2D eigenvalue weighted by atomic mass is 35.5. The van der Waals surface area contributed by atoms with Gasteiger partial charge < -0.3 is 14.6 Å². The molecular formula is C10H15ClN2O3. The van der Waals surface area contributed by atoms with Gasteiger partial charge in [0.2, 0.25) is 0 Å². The van der Waals surface area contributed by atoms with E-state index in [-0.39, 0.29) is 11.6 Å². The van der Waals surface area contributed by atoms with Crippen molar-refractivity contribution in [3.8, 4) is 0 Å². The molecule has 0 saturated heterocycles. The molecule has 1 aromatic heterocycles. The van der Waals surface area contributed by atoms with Crippen molar-refractivity contribution >= 4 is 17.5 Å². The minimum Gasteiger partial charge on any atom is -0.377 e. The zero-order chi connectivity index (χ0) is 11.8. The van der Waals surface area contributed by atoms with Gasteiger partial charge >= 0.3 is 0 Å². The second-order valence-corrected chi connectivity index (χ2v) is 3.64. The van der Waals surface area contributed by atoms with E-state index >= 15 is 0 Å². The molecular weight excluding hydrogens is 232 g/mol. The fourth-order valence-electron chi connectivity index (χ4n) is 1.14. The van der Waals surface area contributed by atoms with Crippen molar-refractivity contribution < 1.29 is 14.1 Å². The van der Waals surface area contributed by atoms with Crippen molar-refractivity contribution in [2.24, 2.45) is 0 Å². The van der Waals surface area contributed by atoms with Crippen LogP contribution in [0.5, 0.6) is 0 Å². The Morgan fingerprint density at radius 2 is 2.44 bits per heavy atom. The number of hydrogen-bond acceptors (Lipinski definition) is 4. The van der Waals surface area contributed by atoms with E-state index in [9.17, 15) is 4.79 Å². The zero-order valence-electron chi connectivity index (χ0n) is 9.16. The normalized spacial score (nSPS) is 10.4. The molecule has 0 fully saturated rings. The lowest BCUT2D eigenvalue weighted by Gasteiger charge is -2.00. The number of unbranched alkanes of at least 4 members (excludes halogenated alkanes) is 1. The molecule has 0 aliphatic heterocycles. The van der Waals surface area contributed by atoms with Crippen LogP contribution in [0.3, 0.4) is 0 Å². The summed E-state index contributed by atoms with van der Waals surface area (Å²) < 4.78 is 9.75. The van der Waals surface area contributed by atoms with Crippen LogP contribution in [0, 0.1) is 0 Å².